The SMILES string of the molecule is CC(C)(C)c1ccc(C(=O)NCCC(=O)N2CCNCC2c2cccnc2)cc1. The smallest absolute Gasteiger partial charge is 0.251 e. The summed E-state index contributed by atoms with van der Waals surface area (Å²) in [5.41, 5.74) is 2.87. The standard InChI is InChI=1S/C23H30N4O2/c1-23(2,3)19-8-6-17(7-9-19)22(29)26-12-10-21(28)27-14-13-25-16-20(27)18-5-4-11-24-15-18/h4-9,11,15,20,25H,10,12-14,16H2,1-3H3,(H,26,29). The van der Waals surface area contributed by atoms with Gasteiger partial charge < -0.3 is 15.5 Å². The number of nitrogens with zero attached hydrogens (tertiary/aromatic N) is 2. The van der Waals surface area contributed by atoms with Crippen LogP contribution >= 0.6 is 0 Å². The van der Waals surface area contributed by atoms with E-state index in [-0.39, 0.29) is 29.7 Å². The molecule has 0 spiro atoms. The molecule has 1 atom stereocenters. The zero-order valence-electron chi connectivity index (χ0n) is 17.4. The van der Waals surface area contributed by atoms with E-state index in [0.717, 1.165) is 12.1 Å². The fourth-order valence-corrected chi connectivity index (χ4v) is 3.52. The molecule has 0 aliphatic carbocycles. The van der Waals surface area contributed by atoms with Crippen molar-refractivity contribution in [1.29, 1.82) is 0 Å². The first kappa shape index (κ1) is 21.0. The Bertz CT molecular complexity index is 828. The van der Waals surface area contributed by atoms with E-state index < -0.39 is 0 Å². The summed E-state index contributed by atoms with van der Waals surface area (Å²) in [7, 11) is 0. The van der Waals surface area contributed by atoms with E-state index in [9.17, 15) is 9.59 Å². The van der Waals surface area contributed by atoms with E-state index in [1.54, 1.807) is 12.4 Å². The number of carbonyl (C=O) groups excluding carboxylic acids is 2. The summed E-state index contributed by atoms with van der Waals surface area (Å²) < 4.78 is 0. The lowest BCUT2D eigenvalue weighted by atomic mass is 9.87. The zero-order chi connectivity index (χ0) is 20.9. The Balaban J connectivity index is 1.54. The van der Waals surface area contributed by atoms with Gasteiger partial charge in [-0.25, -0.2) is 0 Å². The molecular formula is C23H30N4O2. The molecule has 2 N–H and O–H groups in total. The minimum absolute atomic E-state index is 0.0226. The van der Waals surface area contributed by atoms with Crippen LogP contribution in [0.15, 0.2) is 48.8 Å². The molecule has 1 aliphatic heterocycles. The van der Waals surface area contributed by atoms with Gasteiger partial charge in [-0.15, -0.1) is 0 Å². The molecule has 1 saturated heterocycles. The van der Waals surface area contributed by atoms with Crippen LogP contribution in [-0.4, -0.2) is 47.9 Å². The molecule has 1 unspecified atom stereocenters. The highest BCUT2D eigenvalue weighted by Crippen LogP contribution is 2.23. The summed E-state index contributed by atoms with van der Waals surface area (Å²) in [6.45, 7) is 8.88. The lowest BCUT2D eigenvalue weighted by Crippen LogP contribution is -2.49. The zero-order valence-corrected chi connectivity index (χ0v) is 17.4. The molecule has 154 valence electrons. The van der Waals surface area contributed by atoms with E-state index >= 15 is 0 Å². The van der Waals surface area contributed by atoms with Crippen LogP contribution in [0.4, 0.5) is 0 Å². The van der Waals surface area contributed by atoms with Crippen molar-refractivity contribution in [3.05, 3.63) is 65.5 Å². The maximum absolute atomic E-state index is 12.8. The van der Waals surface area contributed by atoms with Gasteiger partial charge in [0, 0.05) is 50.6 Å². The van der Waals surface area contributed by atoms with Crippen molar-refractivity contribution >= 4 is 11.8 Å². The van der Waals surface area contributed by atoms with Gasteiger partial charge in [-0.1, -0.05) is 39.0 Å². The van der Waals surface area contributed by atoms with Gasteiger partial charge in [0.25, 0.3) is 5.91 Å². The number of rotatable bonds is 5. The second kappa shape index (κ2) is 9.18. The summed E-state index contributed by atoms with van der Waals surface area (Å²) >= 11 is 0. The number of benzene rings is 1. The van der Waals surface area contributed by atoms with Gasteiger partial charge in [-0.3, -0.25) is 14.6 Å². The minimum Gasteiger partial charge on any atom is -0.352 e. The summed E-state index contributed by atoms with van der Waals surface area (Å²) in [4.78, 5) is 31.2. The van der Waals surface area contributed by atoms with Crippen molar-refractivity contribution in [3.63, 3.8) is 0 Å². The van der Waals surface area contributed by atoms with Gasteiger partial charge in [-0.05, 0) is 34.7 Å². The van der Waals surface area contributed by atoms with Crippen LogP contribution in [0.2, 0.25) is 0 Å². The highest BCUT2D eigenvalue weighted by molar-refractivity contribution is 5.94. The number of hydrogen-bond acceptors (Lipinski definition) is 4. The molecule has 1 fully saturated rings. The molecule has 2 aromatic rings. The lowest BCUT2D eigenvalue weighted by Gasteiger charge is -2.36. The molecule has 29 heavy (non-hydrogen) atoms. The maximum Gasteiger partial charge on any atom is 0.251 e. The molecule has 6 nitrogen and oxygen atoms in total. The predicted molar refractivity (Wildman–Crippen MR) is 114 cm³/mol. The molecule has 3 rings (SSSR count). The van der Waals surface area contributed by atoms with Crippen LogP contribution in [0.5, 0.6) is 0 Å². The molecule has 2 amide bonds. The highest BCUT2D eigenvalue weighted by atomic mass is 16.2. The van der Waals surface area contributed by atoms with Gasteiger partial charge in [0.15, 0.2) is 0 Å². The third kappa shape index (κ3) is 5.41. The van der Waals surface area contributed by atoms with E-state index in [1.165, 1.54) is 5.56 Å². The van der Waals surface area contributed by atoms with Crippen LogP contribution in [0.1, 0.15) is 54.7 Å². The number of nitrogens with one attached hydrogen (secondary N) is 2. The van der Waals surface area contributed by atoms with Crippen LogP contribution in [-0.2, 0) is 10.2 Å². The van der Waals surface area contributed by atoms with Crippen LogP contribution in [0, 0.1) is 0 Å². The van der Waals surface area contributed by atoms with Gasteiger partial charge >= 0.3 is 0 Å². The highest BCUT2D eigenvalue weighted by Gasteiger charge is 2.27. The molecule has 0 bridgehead atoms. The predicted octanol–water partition coefficient (Wildman–Crippen LogP) is 2.67. The van der Waals surface area contributed by atoms with Gasteiger partial charge in [-0.2, -0.15) is 0 Å². The van der Waals surface area contributed by atoms with Crippen molar-refractivity contribution < 1.29 is 9.59 Å². The molecule has 1 aromatic carbocycles. The average molecular weight is 395 g/mol. The topological polar surface area (TPSA) is 74.3 Å². The van der Waals surface area contributed by atoms with Crippen LogP contribution in [0.25, 0.3) is 0 Å². The fraction of sp³-hybridized carbons (Fsp3) is 0.435. The Morgan fingerprint density at radius 3 is 2.62 bits per heavy atom. The summed E-state index contributed by atoms with van der Waals surface area (Å²) in [6, 6.07) is 11.5. The third-order valence-corrected chi connectivity index (χ3v) is 5.27. The molecule has 0 radical (unpaired) electrons. The second-order valence-electron chi connectivity index (χ2n) is 8.43. The normalized spacial score (nSPS) is 17.1. The molecule has 1 aromatic heterocycles. The van der Waals surface area contributed by atoms with Crippen molar-refractivity contribution in [1.82, 2.24) is 20.5 Å². The largest absolute Gasteiger partial charge is 0.352 e. The van der Waals surface area contributed by atoms with E-state index in [4.69, 9.17) is 0 Å². The minimum atomic E-state index is -0.151. The number of hydrogen-bond donors (Lipinski definition) is 2. The van der Waals surface area contributed by atoms with E-state index in [0.29, 0.717) is 25.2 Å². The molecule has 6 heteroatoms. The third-order valence-electron chi connectivity index (χ3n) is 5.27. The quantitative estimate of drug-likeness (QED) is 0.818. The summed E-state index contributed by atoms with van der Waals surface area (Å²) in [5, 5.41) is 6.20. The van der Waals surface area contributed by atoms with Crippen molar-refractivity contribution in [3.8, 4) is 0 Å². The second-order valence-corrected chi connectivity index (χ2v) is 8.43. The molecule has 2 heterocycles. The number of amides is 2. The Morgan fingerprint density at radius 1 is 1.21 bits per heavy atom. The van der Waals surface area contributed by atoms with Crippen LogP contribution < -0.4 is 10.6 Å². The van der Waals surface area contributed by atoms with E-state index in [2.05, 4.69) is 36.4 Å². The van der Waals surface area contributed by atoms with Gasteiger partial charge in [0.2, 0.25) is 5.91 Å². The Morgan fingerprint density at radius 2 is 1.97 bits per heavy atom. The monoisotopic (exact) mass is 394 g/mol. The van der Waals surface area contributed by atoms with Crippen molar-refractivity contribution in [2.45, 2.75) is 38.6 Å². The Labute approximate surface area is 172 Å². The van der Waals surface area contributed by atoms with Gasteiger partial charge in [0.05, 0.1) is 6.04 Å². The van der Waals surface area contributed by atoms with Crippen molar-refractivity contribution in [2.24, 2.45) is 0 Å². The molecule has 1 aliphatic rings. The Kier molecular flexibility index (Phi) is 6.64. The van der Waals surface area contributed by atoms with Crippen molar-refractivity contribution in [2.75, 3.05) is 26.2 Å². The molecular weight excluding hydrogens is 364 g/mol. The first-order chi connectivity index (χ1) is 13.9. The number of pyridine rings is 1. The summed E-state index contributed by atoms with van der Waals surface area (Å²) in [5.74, 6) is -0.105. The lowest BCUT2D eigenvalue weighted by molar-refractivity contribution is -0.134. The first-order valence-electron chi connectivity index (χ1n) is 10.1. The van der Waals surface area contributed by atoms with E-state index in [1.807, 2.05) is 41.3 Å². The number of carbonyl (C=O) groups is 2. The number of aromatic nitrogens is 1. The fourth-order valence-electron chi connectivity index (χ4n) is 3.52. The van der Waals surface area contributed by atoms with Crippen LogP contribution in [0.3, 0.4) is 0 Å². The maximum atomic E-state index is 12.8. The number of piperazine rings is 1. The Hall–Kier alpha value is -2.73. The molecule has 0 saturated carbocycles. The first-order valence-corrected chi connectivity index (χ1v) is 10.1. The van der Waals surface area contributed by atoms with Gasteiger partial charge in [0.1, 0.15) is 0 Å². The summed E-state index contributed by atoms with van der Waals surface area (Å²) in [6.07, 6.45) is 3.82. The average Bonchev–Trinajstić information content (AvgIpc) is 2.73.